The van der Waals surface area contributed by atoms with Crippen molar-refractivity contribution >= 4 is 5.91 Å². The quantitative estimate of drug-likeness (QED) is 0.502. The predicted octanol–water partition coefficient (Wildman–Crippen LogP) is 4.08. The van der Waals surface area contributed by atoms with Crippen molar-refractivity contribution < 1.29 is 9.63 Å². The molecule has 1 atom stereocenters. The summed E-state index contributed by atoms with van der Waals surface area (Å²) >= 11 is 0. The predicted molar refractivity (Wildman–Crippen MR) is 79.9 cm³/mol. The zero-order valence-corrected chi connectivity index (χ0v) is 12.4. The Morgan fingerprint density at radius 3 is 2.60 bits per heavy atom. The fourth-order valence-corrected chi connectivity index (χ4v) is 2.56. The van der Waals surface area contributed by atoms with Gasteiger partial charge in [-0.15, -0.1) is 0 Å². The molecular formula is C17H25NO2. The van der Waals surface area contributed by atoms with Gasteiger partial charge in [-0.1, -0.05) is 69.4 Å². The van der Waals surface area contributed by atoms with Gasteiger partial charge in [0.2, 0.25) is 5.91 Å². The van der Waals surface area contributed by atoms with Crippen LogP contribution in [0.2, 0.25) is 0 Å². The van der Waals surface area contributed by atoms with Crippen molar-refractivity contribution in [2.24, 2.45) is 0 Å². The van der Waals surface area contributed by atoms with Gasteiger partial charge in [-0.2, -0.15) is 0 Å². The second-order valence-corrected chi connectivity index (χ2v) is 5.54. The normalized spacial score (nSPS) is 18.1. The Bertz CT molecular complexity index is 405. The van der Waals surface area contributed by atoms with E-state index in [-0.39, 0.29) is 5.91 Å². The lowest BCUT2D eigenvalue weighted by molar-refractivity contribution is -0.234. The molecule has 0 aliphatic carbocycles. The lowest BCUT2D eigenvalue weighted by atomic mass is 9.98. The highest BCUT2D eigenvalue weighted by molar-refractivity contribution is 5.81. The van der Waals surface area contributed by atoms with Crippen molar-refractivity contribution in [3.63, 3.8) is 0 Å². The van der Waals surface area contributed by atoms with Gasteiger partial charge in [0.25, 0.3) is 0 Å². The summed E-state index contributed by atoms with van der Waals surface area (Å²) in [5, 5.41) is 1.59. The first-order valence-electron chi connectivity index (χ1n) is 7.80. The topological polar surface area (TPSA) is 29.5 Å². The maximum Gasteiger partial charge on any atom is 0.248 e. The maximum atomic E-state index is 11.6. The fourth-order valence-electron chi connectivity index (χ4n) is 2.56. The number of hydrogen-bond donors (Lipinski definition) is 0. The lowest BCUT2D eigenvalue weighted by Crippen LogP contribution is -2.52. The van der Waals surface area contributed by atoms with E-state index < -0.39 is 0 Å². The van der Waals surface area contributed by atoms with Gasteiger partial charge >= 0.3 is 0 Å². The molecule has 1 aliphatic heterocycles. The number of carbonyl (C=O) groups excluding carboxylic acids is 1. The summed E-state index contributed by atoms with van der Waals surface area (Å²) in [6.45, 7) is 2.71. The zero-order valence-electron chi connectivity index (χ0n) is 12.4. The Morgan fingerprint density at radius 2 is 1.90 bits per heavy atom. The van der Waals surface area contributed by atoms with Crippen molar-refractivity contribution in [3.8, 4) is 0 Å². The van der Waals surface area contributed by atoms with E-state index in [2.05, 4.69) is 6.92 Å². The molecule has 0 N–H and O–H groups in total. The Morgan fingerprint density at radius 1 is 1.15 bits per heavy atom. The van der Waals surface area contributed by atoms with Crippen molar-refractivity contribution in [3.05, 3.63) is 35.9 Å². The molecule has 0 spiro atoms. The van der Waals surface area contributed by atoms with Crippen LogP contribution in [0, 0.1) is 0 Å². The second-order valence-electron chi connectivity index (χ2n) is 5.54. The van der Waals surface area contributed by atoms with E-state index in [1.807, 2.05) is 30.3 Å². The lowest BCUT2D eigenvalue weighted by Gasteiger charge is -2.39. The van der Waals surface area contributed by atoms with Crippen LogP contribution in [-0.2, 0) is 16.2 Å². The standard InChI is InChI=1S/C17H25NO2/c1-2-3-4-5-9-12-16-13-17(19)18(16)20-14-15-10-7-6-8-11-15/h6-8,10-11,16H,2-5,9,12-14H2,1H3. The molecular weight excluding hydrogens is 250 g/mol. The van der Waals surface area contributed by atoms with Crippen LogP contribution < -0.4 is 0 Å². The Hall–Kier alpha value is -1.35. The van der Waals surface area contributed by atoms with Gasteiger partial charge in [-0.25, -0.2) is 5.06 Å². The van der Waals surface area contributed by atoms with Crippen molar-refractivity contribution in [2.45, 2.75) is 64.5 Å². The third kappa shape index (κ3) is 4.34. The van der Waals surface area contributed by atoms with E-state index in [4.69, 9.17) is 4.84 Å². The molecule has 0 bridgehead atoms. The summed E-state index contributed by atoms with van der Waals surface area (Å²) in [5.74, 6) is 0.125. The van der Waals surface area contributed by atoms with Crippen LogP contribution in [0.25, 0.3) is 0 Å². The molecule has 1 aliphatic rings. The van der Waals surface area contributed by atoms with Crippen LogP contribution in [-0.4, -0.2) is 17.0 Å². The molecule has 0 aromatic heterocycles. The molecule has 0 saturated carbocycles. The van der Waals surface area contributed by atoms with E-state index in [0.717, 1.165) is 12.0 Å². The number of β-lactam (4-membered cyclic amide) rings is 1. The summed E-state index contributed by atoms with van der Waals surface area (Å²) in [7, 11) is 0. The number of carbonyl (C=O) groups is 1. The Balaban J connectivity index is 1.66. The summed E-state index contributed by atoms with van der Waals surface area (Å²) in [5.41, 5.74) is 1.11. The molecule has 0 radical (unpaired) electrons. The van der Waals surface area contributed by atoms with Crippen LogP contribution in [0.3, 0.4) is 0 Å². The highest BCUT2D eigenvalue weighted by Crippen LogP contribution is 2.25. The summed E-state index contributed by atoms with van der Waals surface area (Å²) in [6.07, 6.45) is 8.09. The van der Waals surface area contributed by atoms with Gasteiger partial charge in [0.15, 0.2) is 0 Å². The number of benzene rings is 1. The van der Waals surface area contributed by atoms with Gasteiger partial charge < -0.3 is 0 Å². The first-order chi connectivity index (χ1) is 9.81. The van der Waals surface area contributed by atoms with Gasteiger partial charge in [-0.05, 0) is 12.0 Å². The van der Waals surface area contributed by atoms with Gasteiger partial charge in [0, 0.05) is 0 Å². The molecule has 2 rings (SSSR count). The minimum Gasteiger partial charge on any atom is -0.272 e. The van der Waals surface area contributed by atoms with Gasteiger partial charge in [-0.3, -0.25) is 9.63 Å². The molecule has 1 aromatic rings. The summed E-state index contributed by atoms with van der Waals surface area (Å²) in [6, 6.07) is 10.3. The second kappa shape index (κ2) is 8.05. The molecule has 1 unspecified atom stereocenters. The van der Waals surface area contributed by atoms with Crippen LogP contribution in [0.5, 0.6) is 0 Å². The minimum absolute atomic E-state index is 0.125. The number of hydroxylamine groups is 2. The zero-order chi connectivity index (χ0) is 14.2. The number of nitrogens with zero attached hydrogens (tertiary/aromatic N) is 1. The van der Waals surface area contributed by atoms with E-state index in [0.29, 0.717) is 19.1 Å². The number of rotatable bonds is 9. The minimum atomic E-state index is 0.125. The van der Waals surface area contributed by atoms with Crippen LogP contribution in [0.15, 0.2) is 30.3 Å². The van der Waals surface area contributed by atoms with Crippen LogP contribution in [0.1, 0.15) is 57.4 Å². The highest BCUT2D eigenvalue weighted by Gasteiger charge is 2.36. The molecule has 20 heavy (non-hydrogen) atoms. The number of unbranched alkanes of at least 4 members (excludes halogenated alkanes) is 4. The largest absolute Gasteiger partial charge is 0.272 e. The van der Waals surface area contributed by atoms with E-state index in [1.165, 1.54) is 32.1 Å². The van der Waals surface area contributed by atoms with Crippen LogP contribution >= 0.6 is 0 Å². The maximum absolute atomic E-state index is 11.6. The molecule has 1 heterocycles. The first kappa shape index (κ1) is 15.0. The third-order valence-corrected chi connectivity index (χ3v) is 3.84. The monoisotopic (exact) mass is 275 g/mol. The van der Waals surface area contributed by atoms with Crippen LogP contribution in [0.4, 0.5) is 0 Å². The molecule has 1 amide bonds. The smallest absolute Gasteiger partial charge is 0.248 e. The SMILES string of the molecule is CCCCCCCC1CC(=O)N1OCc1ccccc1. The van der Waals surface area contributed by atoms with E-state index in [1.54, 1.807) is 5.06 Å². The molecule has 3 nitrogen and oxygen atoms in total. The third-order valence-electron chi connectivity index (χ3n) is 3.84. The molecule has 3 heteroatoms. The van der Waals surface area contributed by atoms with Gasteiger partial charge in [0.05, 0.1) is 12.5 Å². The van der Waals surface area contributed by atoms with Gasteiger partial charge in [0.1, 0.15) is 6.61 Å². The average Bonchev–Trinajstić information content (AvgIpc) is 2.47. The highest BCUT2D eigenvalue weighted by atomic mass is 16.7. The number of amides is 1. The summed E-state index contributed by atoms with van der Waals surface area (Å²) in [4.78, 5) is 17.2. The first-order valence-corrected chi connectivity index (χ1v) is 7.80. The Kier molecular flexibility index (Phi) is 6.06. The number of hydrogen-bond acceptors (Lipinski definition) is 2. The molecule has 1 aromatic carbocycles. The molecule has 110 valence electrons. The summed E-state index contributed by atoms with van der Waals surface area (Å²) < 4.78 is 0. The fraction of sp³-hybridized carbons (Fsp3) is 0.588. The molecule has 1 saturated heterocycles. The van der Waals surface area contributed by atoms with Crippen molar-refractivity contribution in [2.75, 3.05) is 0 Å². The Labute approximate surface area is 121 Å². The van der Waals surface area contributed by atoms with E-state index >= 15 is 0 Å². The van der Waals surface area contributed by atoms with Crippen molar-refractivity contribution in [1.29, 1.82) is 0 Å². The average molecular weight is 275 g/mol. The molecule has 1 fully saturated rings. The van der Waals surface area contributed by atoms with Crippen molar-refractivity contribution in [1.82, 2.24) is 5.06 Å². The van der Waals surface area contributed by atoms with E-state index in [9.17, 15) is 4.79 Å².